The van der Waals surface area contributed by atoms with E-state index in [4.69, 9.17) is 0 Å². The molecule has 0 amide bonds. The molecule has 20 heavy (non-hydrogen) atoms. The minimum Gasteiger partial charge on any atom is -0.377 e. The summed E-state index contributed by atoms with van der Waals surface area (Å²) in [5, 5.41) is 3.60. The molecule has 1 aliphatic rings. The number of rotatable bonds is 2. The molecular weight excluding hydrogens is 364 g/mol. The van der Waals surface area contributed by atoms with Gasteiger partial charge in [-0.2, -0.15) is 0 Å². The van der Waals surface area contributed by atoms with Crippen LogP contribution in [0, 0.1) is 9.39 Å². The summed E-state index contributed by atoms with van der Waals surface area (Å²) >= 11 is 2.19. The molecule has 1 N–H and O–H groups in total. The Kier molecular flexibility index (Phi) is 4.24. The number of halogens is 2. The molecule has 1 aliphatic carbocycles. The lowest BCUT2D eigenvalue weighted by molar-refractivity contribution is 0.625. The molecule has 0 spiro atoms. The molecule has 2 aromatic carbocycles. The van der Waals surface area contributed by atoms with Gasteiger partial charge in [0.2, 0.25) is 0 Å². The average molecular weight is 381 g/mol. The minimum atomic E-state index is -0.179. The van der Waals surface area contributed by atoms with Crippen LogP contribution in [0.15, 0.2) is 42.5 Å². The van der Waals surface area contributed by atoms with Crippen molar-refractivity contribution in [2.24, 2.45) is 0 Å². The Morgan fingerprint density at radius 3 is 2.80 bits per heavy atom. The predicted molar refractivity (Wildman–Crippen MR) is 89.5 cm³/mol. The van der Waals surface area contributed by atoms with Gasteiger partial charge in [-0.1, -0.05) is 30.7 Å². The Bertz CT molecular complexity index is 612. The van der Waals surface area contributed by atoms with Crippen molar-refractivity contribution in [2.45, 2.75) is 31.7 Å². The van der Waals surface area contributed by atoms with E-state index in [1.54, 1.807) is 6.07 Å². The van der Waals surface area contributed by atoms with Crippen LogP contribution in [0.3, 0.4) is 0 Å². The van der Waals surface area contributed by atoms with Crippen LogP contribution in [0.25, 0.3) is 0 Å². The summed E-state index contributed by atoms with van der Waals surface area (Å²) in [5.41, 5.74) is 3.86. The molecule has 0 aromatic heterocycles. The number of benzene rings is 2. The van der Waals surface area contributed by atoms with E-state index in [1.165, 1.54) is 30.0 Å². The summed E-state index contributed by atoms with van der Waals surface area (Å²) in [7, 11) is 0. The molecule has 1 nitrogen and oxygen atoms in total. The third-order valence-electron chi connectivity index (χ3n) is 3.88. The average Bonchev–Trinajstić information content (AvgIpc) is 2.65. The standard InChI is InChI=1S/C17H17FIN/c18-13-9-10-17(15(19)11-13)20-16-8-4-2-6-12-5-1-3-7-14(12)16/h1,3,5,7,9-11,16,20H,2,4,6,8H2. The van der Waals surface area contributed by atoms with Crippen molar-refractivity contribution >= 4 is 28.3 Å². The number of fused-ring (bicyclic) bond motifs is 1. The molecule has 0 saturated heterocycles. The van der Waals surface area contributed by atoms with Crippen LogP contribution < -0.4 is 5.32 Å². The zero-order valence-electron chi connectivity index (χ0n) is 11.2. The summed E-state index contributed by atoms with van der Waals surface area (Å²) in [6, 6.07) is 13.9. The van der Waals surface area contributed by atoms with Crippen LogP contribution in [-0.2, 0) is 6.42 Å². The van der Waals surface area contributed by atoms with Gasteiger partial charge >= 0.3 is 0 Å². The molecular formula is C17H17FIN. The number of hydrogen-bond donors (Lipinski definition) is 1. The molecule has 0 saturated carbocycles. The van der Waals surface area contributed by atoms with Gasteiger partial charge in [-0.3, -0.25) is 0 Å². The first-order valence-electron chi connectivity index (χ1n) is 7.03. The van der Waals surface area contributed by atoms with E-state index in [0.717, 1.165) is 22.1 Å². The summed E-state index contributed by atoms with van der Waals surface area (Å²) in [5.74, 6) is -0.179. The maximum absolute atomic E-state index is 13.2. The molecule has 0 radical (unpaired) electrons. The number of anilines is 1. The lowest BCUT2D eigenvalue weighted by Gasteiger charge is -2.21. The Labute approximate surface area is 132 Å². The number of hydrogen-bond acceptors (Lipinski definition) is 1. The molecule has 104 valence electrons. The van der Waals surface area contributed by atoms with Gasteiger partial charge < -0.3 is 5.32 Å². The van der Waals surface area contributed by atoms with Crippen molar-refractivity contribution in [3.05, 3.63) is 63.0 Å². The Morgan fingerprint density at radius 1 is 1.10 bits per heavy atom. The topological polar surface area (TPSA) is 12.0 Å². The van der Waals surface area contributed by atoms with E-state index in [2.05, 4.69) is 52.2 Å². The summed E-state index contributed by atoms with van der Waals surface area (Å²) in [6.07, 6.45) is 4.76. The Balaban J connectivity index is 1.90. The molecule has 1 atom stereocenters. The monoisotopic (exact) mass is 381 g/mol. The largest absolute Gasteiger partial charge is 0.377 e. The number of nitrogens with one attached hydrogen (secondary N) is 1. The lowest BCUT2D eigenvalue weighted by atomic mass is 9.99. The fourth-order valence-corrected chi connectivity index (χ4v) is 3.50. The first-order chi connectivity index (χ1) is 9.74. The summed E-state index contributed by atoms with van der Waals surface area (Å²) in [6.45, 7) is 0. The predicted octanol–water partition coefficient (Wildman–Crippen LogP) is 5.31. The lowest BCUT2D eigenvalue weighted by Crippen LogP contribution is -2.12. The zero-order valence-corrected chi connectivity index (χ0v) is 13.4. The smallest absolute Gasteiger partial charge is 0.124 e. The molecule has 3 rings (SSSR count). The van der Waals surface area contributed by atoms with Gasteiger partial charge in [0.15, 0.2) is 0 Å². The van der Waals surface area contributed by atoms with E-state index >= 15 is 0 Å². The maximum atomic E-state index is 13.2. The Hall–Kier alpha value is -1.10. The second-order valence-corrected chi connectivity index (χ2v) is 6.43. The maximum Gasteiger partial charge on any atom is 0.124 e. The summed E-state index contributed by atoms with van der Waals surface area (Å²) in [4.78, 5) is 0. The van der Waals surface area contributed by atoms with Crippen molar-refractivity contribution in [3.63, 3.8) is 0 Å². The van der Waals surface area contributed by atoms with Crippen LogP contribution in [-0.4, -0.2) is 0 Å². The van der Waals surface area contributed by atoms with Crippen LogP contribution in [0.1, 0.15) is 36.4 Å². The Morgan fingerprint density at radius 2 is 1.95 bits per heavy atom. The highest BCUT2D eigenvalue weighted by Crippen LogP contribution is 2.32. The van der Waals surface area contributed by atoms with E-state index < -0.39 is 0 Å². The van der Waals surface area contributed by atoms with Crippen molar-refractivity contribution in [1.29, 1.82) is 0 Å². The van der Waals surface area contributed by atoms with Crippen molar-refractivity contribution < 1.29 is 4.39 Å². The first kappa shape index (κ1) is 13.9. The van der Waals surface area contributed by atoms with Gasteiger partial charge in [-0.05, 0) is 71.2 Å². The second-order valence-electron chi connectivity index (χ2n) is 5.27. The fraction of sp³-hybridized carbons (Fsp3) is 0.294. The molecule has 0 fully saturated rings. The van der Waals surface area contributed by atoms with Crippen LogP contribution >= 0.6 is 22.6 Å². The fourth-order valence-electron chi connectivity index (χ4n) is 2.87. The molecule has 2 aromatic rings. The van der Waals surface area contributed by atoms with Crippen molar-refractivity contribution in [1.82, 2.24) is 0 Å². The van der Waals surface area contributed by atoms with Crippen LogP contribution in [0.4, 0.5) is 10.1 Å². The van der Waals surface area contributed by atoms with Crippen LogP contribution in [0.5, 0.6) is 0 Å². The van der Waals surface area contributed by atoms with Crippen molar-refractivity contribution in [2.75, 3.05) is 5.32 Å². The highest BCUT2D eigenvalue weighted by Gasteiger charge is 2.18. The molecule has 0 bridgehead atoms. The first-order valence-corrected chi connectivity index (χ1v) is 8.11. The SMILES string of the molecule is Fc1ccc(NC2CCCCc3ccccc32)c(I)c1. The van der Waals surface area contributed by atoms with Gasteiger partial charge in [0, 0.05) is 9.26 Å². The molecule has 0 heterocycles. The van der Waals surface area contributed by atoms with Crippen LogP contribution in [0.2, 0.25) is 0 Å². The third-order valence-corrected chi connectivity index (χ3v) is 4.77. The zero-order chi connectivity index (χ0) is 13.9. The van der Waals surface area contributed by atoms with E-state index in [9.17, 15) is 4.39 Å². The molecule has 0 aliphatic heterocycles. The highest BCUT2D eigenvalue weighted by molar-refractivity contribution is 14.1. The summed E-state index contributed by atoms with van der Waals surface area (Å²) < 4.78 is 14.1. The highest BCUT2D eigenvalue weighted by atomic mass is 127. The van der Waals surface area contributed by atoms with E-state index in [-0.39, 0.29) is 5.82 Å². The normalized spacial score (nSPS) is 18.2. The van der Waals surface area contributed by atoms with Gasteiger partial charge in [0.25, 0.3) is 0 Å². The van der Waals surface area contributed by atoms with E-state index in [1.807, 2.05) is 6.07 Å². The van der Waals surface area contributed by atoms with Gasteiger partial charge in [-0.25, -0.2) is 4.39 Å². The number of aryl methyl sites for hydroxylation is 1. The molecule has 3 heteroatoms. The van der Waals surface area contributed by atoms with Gasteiger partial charge in [0.1, 0.15) is 5.82 Å². The second kappa shape index (κ2) is 6.12. The molecule has 1 unspecified atom stereocenters. The van der Waals surface area contributed by atoms with E-state index in [0.29, 0.717) is 6.04 Å². The third kappa shape index (κ3) is 2.97. The van der Waals surface area contributed by atoms with Gasteiger partial charge in [-0.15, -0.1) is 0 Å². The van der Waals surface area contributed by atoms with Gasteiger partial charge in [0.05, 0.1) is 6.04 Å². The van der Waals surface area contributed by atoms with Crippen molar-refractivity contribution in [3.8, 4) is 0 Å². The quantitative estimate of drug-likeness (QED) is 0.549. The minimum absolute atomic E-state index is 0.179.